The van der Waals surface area contributed by atoms with Crippen LogP contribution in [0.15, 0.2) is 43.0 Å². The van der Waals surface area contributed by atoms with Crippen LogP contribution in [0.3, 0.4) is 0 Å². The zero-order chi connectivity index (χ0) is 19.3. The van der Waals surface area contributed by atoms with E-state index in [-0.39, 0.29) is 11.8 Å². The molecule has 2 aliphatic rings. The second kappa shape index (κ2) is 6.96. The Morgan fingerprint density at radius 3 is 2.43 bits per heavy atom. The number of fused-ring (bicyclic) bond motifs is 1. The topological polar surface area (TPSA) is 37.5 Å². The molecule has 1 aromatic carbocycles. The maximum Gasteiger partial charge on any atom is 0.159 e. The lowest BCUT2D eigenvalue weighted by molar-refractivity contribution is 0.0810. The van der Waals surface area contributed by atoms with Crippen LogP contribution < -0.4 is 0 Å². The van der Waals surface area contributed by atoms with Gasteiger partial charge in [-0.15, -0.1) is 0 Å². The van der Waals surface area contributed by atoms with Gasteiger partial charge in [0, 0.05) is 11.8 Å². The number of aliphatic hydroxyl groups is 1. The smallest absolute Gasteiger partial charge is 0.159 e. The fraction of sp³-hybridized carbons (Fsp3) is 0.435. The summed E-state index contributed by atoms with van der Waals surface area (Å²) in [5.74, 6) is -0.606. The number of pyridine rings is 1. The van der Waals surface area contributed by atoms with Gasteiger partial charge in [0.05, 0.1) is 24.1 Å². The van der Waals surface area contributed by atoms with Crippen molar-refractivity contribution >= 4 is 5.52 Å². The Balaban J connectivity index is 1.37. The fourth-order valence-corrected chi connectivity index (χ4v) is 4.87. The summed E-state index contributed by atoms with van der Waals surface area (Å²) in [6, 6.07) is 6.37. The van der Waals surface area contributed by atoms with Crippen molar-refractivity contribution in [3.8, 4) is 0 Å². The average Bonchev–Trinajstić information content (AvgIpc) is 3.45. The Hall–Kier alpha value is -2.27. The molecule has 0 radical (unpaired) electrons. The van der Waals surface area contributed by atoms with Crippen LogP contribution in [-0.2, 0) is 0 Å². The van der Waals surface area contributed by atoms with Crippen molar-refractivity contribution in [3.05, 3.63) is 71.3 Å². The van der Waals surface area contributed by atoms with Crippen molar-refractivity contribution in [3.63, 3.8) is 0 Å². The quantitative estimate of drug-likeness (QED) is 0.647. The van der Waals surface area contributed by atoms with E-state index in [1.165, 1.54) is 30.5 Å². The third kappa shape index (κ3) is 3.12. The maximum absolute atomic E-state index is 13.6. The molecule has 2 aliphatic carbocycles. The first kappa shape index (κ1) is 17.8. The molecular formula is C23H24F2N2O. The zero-order valence-electron chi connectivity index (χ0n) is 15.7. The molecule has 28 heavy (non-hydrogen) atoms. The predicted octanol–water partition coefficient (Wildman–Crippen LogP) is 5.50. The lowest BCUT2D eigenvalue weighted by atomic mass is 9.75. The van der Waals surface area contributed by atoms with E-state index >= 15 is 0 Å². The molecule has 5 rings (SSSR count). The van der Waals surface area contributed by atoms with Crippen LogP contribution in [0.2, 0.25) is 0 Å². The van der Waals surface area contributed by atoms with Crippen LogP contribution in [-0.4, -0.2) is 14.5 Å². The minimum Gasteiger partial charge on any atom is -0.388 e. The molecule has 5 heteroatoms. The van der Waals surface area contributed by atoms with Gasteiger partial charge < -0.3 is 9.51 Å². The van der Waals surface area contributed by atoms with E-state index in [9.17, 15) is 13.9 Å². The summed E-state index contributed by atoms with van der Waals surface area (Å²) < 4.78 is 28.8. The summed E-state index contributed by atoms with van der Waals surface area (Å²) in [6.07, 6.45) is 11.0. The van der Waals surface area contributed by atoms with Gasteiger partial charge in [-0.05, 0) is 85.6 Å². The summed E-state index contributed by atoms with van der Waals surface area (Å²) in [7, 11) is 0. The molecule has 0 aliphatic heterocycles. The number of aliphatic hydroxyl groups excluding tert-OH is 1. The molecular weight excluding hydrogens is 358 g/mol. The molecule has 2 fully saturated rings. The van der Waals surface area contributed by atoms with Gasteiger partial charge in [0.1, 0.15) is 0 Å². The van der Waals surface area contributed by atoms with E-state index in [1.807, 2.05) is 16.8 Å². The number of nitrogens with zero attached hydrogens (tertiary/aromatic N) is 2. The average molecular weight is 382 g/mol. The van der Waals surface area contributed by atoms with Gasteiger partial charge in [-0.1, -0.05) is 6.07 Å². The minimum atomic E-state index is -0.797. The van der Waals surface area contributed by atoms with Crippen molar-refractivity contribution in [1.29, 1.82) is 0 Å². The molecule has 3 nitrogen and oxygen atoms in total. The third-order valence-electron chi connectivity index (χ3n) is 6.61. The van der Waals surface area contributed by atoms with Crippen molar-refractivity contribution in [2.45, 2.75) is 56.5 Å². The molecule has 0 spiro atoms. The van der Waals surface area contributed by atoms with Crippen LogP contribution in [0.1, 0.15) is 73.2 Å². The summed E-state index contributed by atoms with van der Waals surface area (Å²) >= 11 is 0. The predicted molar refractivity (Wildman–Crippen MR) is 103 cm³/mol. The number of aromatic nitrogens is 2. The molecule has 1 N–H and O–H groups in total. The Labute approximate surface area is 163 Å². The molecule has 1 unspecified atom stereocenters. The normalized spacial score (nSPS) is 23.8. The molecule has 0 amide bonds. The van der Waals surface area contributed by atoms with E-state index < -0.39 is 17.7 Å². The molecule has 0 saturated heterocycles. The Morgan fingerprint density at radius 2 is 1.71 bits per heavy atom. The molecule has 3 aromatic rings. The second-order valence-corrected chi connectivity index (χ2v) is 8.38. The number of hydrogen-bond donors (Lipinski definition) is 1. The van der Waals surface area contributed by atoms with Gasteiger partial charge in [-0.2, -0.15) is 0 Å². The summed E-state index contributed by atoms with van der Waals surface area (Å²) in [5.41, 5.74) is 4.17. The van der Waals surface area contributed by atoms with Gasteiger partial charge in [0.15, 0.2) is 11.6 Å². The van der Waals surface area contributed by atoms with Gasteiger partial charge in [-0.3, -0.25) is 0 Å². The summed E-state index contributed by atoms with van der Waals surface area (Å²) in [5, 5.41) is 11.3. The molecule has 2 heterocycles. The van der Waals surface area contributed by atoms with Crippen molar-refractivity contribution in [2.75, 3.05) is 0 Å². The van der Waals surface area contributed by atoms with Gasteiger partial charge >= 0.3 is 0 Å². The number of hydrogen-bond acceptors (Lipinski definition) is 2. The monoisotopic (exact) mass is 382 g/mol. The molecule has 2 aromatic heterocycles. The first-order chi connectivity index (χ1) is 13.6. The molecule has 0 bridgehead atoms. The van der Waals surface area contributed by atoms with E-state index in [0.717, 1.165) is 42.3 Å². The van der Waals surface area contributed by atoms with Crippen LogP contribution in [0.4, 0.5) is 8.78 Å². The Morgan fingerprint density at radius 1 is 0.964 bits per heavy atom. The van der Waals surface area contributed by atoms with E-state index in [0.29, 0.717) is 5.92 Å². The van der Waals surface area contributed by atoms with Crippen molar-refractivity contribution in [1.82, 2.24) is 9.38 Å². The SMILES string of the molecule is OC(c1c(C2CC2)ccn2cncc12)C1CCC(c2ccc(F)c(F)c2)CC1. The minimum absolute atomic E-state index is 0.181. The maximum atomic E-state index is 13.6. The van der Waals surface area contributed by atoms with Gasteiger partial charge in [-0.25, -0.2) is 13.8 Å². The number of benzene rings is 1. The third-order valence-corrected chi connectivity index (χ3v) is 6.61. The highest BCUT2D eigenvalue weighted by Crippen LogP contribution is 2.48. The van der Waals surface area contributed by atoms with Crippen molar-refractivity contribution in [2.24, 2.45) is 5.92 Å². The number of halogens is 2. The van der Waals surface area contributed by atoms with E-state index in [4.69, 9.17) is 0 Å². The highest BCUT2D eigenvalue weighted by atomic mass is 19.2. The standard InChI is InChI=1S/C23H24F2N2O/c24-19-8-7-17(11-20(19)25)14-1-5-16(6-2-14)23(28)22-18(15-3-4-15)9-10-27-13-26-12-21(22)27/h7-16,23,28H,1-6H2. The van der Waals surface area contributed by atoms with Gasteiger partial charge in [0.25, 0.3) is 0 Å². The van der Waals surface area contributed by atoms with Crippen LogP contribution in [0.5, 0.6) is 0 Å². The van der Waals surface area contributed by atoms with E-state index in [1.54, 1.807) is 12.4 Å². The largest absolute Gasteiger partial charge is 0.388 e. The molecule has 2 saturated carbocycles. The van der Waals surface area contributed by atoms with Crippen LogP contribution in [0, 0.1) is 17.6 Å². The van der Waals surface area contributed by atoms with Crippen molar-refractivity contribution < 1.29 is 13.9 Å². The Kier molecular flexibility index (Phi) is 4.43. The van der Waals surface area contributed by atoms with Gasteiger partial charge in [0.2, 0.25) is 0 Å². The molecule has 1 atom stereocenters. The summed E-state index contributed by atoms with van der Waals surface area (Å²) in [6.45, 7) is 0. The lowest BCUT2D eigenvalue weighted by Gasteiger charge is -2.33. The van der Waals surface area contributed by atoms with E-state index in [2.05, 4.69) is 11.1 Å². The zero-order valence-corrected chi connectivity index (χ0v) is 15.7. The first-order valence-corrected chi connectivity index (χ1v) is 10.2. The number of rotatable bonds is 4. The fourth-order valence-electron chi connectivity index (χ4n) is 4.87. The number of imidazole rings is 1. The first-order valence-electron chi connectivity index (χ1n) is 10.2. The molecule has 146 valence electrons. The lowest BCUT2D eigenvalue weighted by Crippen LogP contribution is -2.21. The second-order valence-electron chi connectivity index (χ2n) is 8.38. The van der Waals surface area contributed by atoms with Crippen LogP contribution >= 0.6 is 0 Å². The highest BCUT2D eigenvalue weighted by Gasteiger charge is 2.34. The summed E-state index contributed by atoms with van der Waals surface area (Å²) in [4.78, 5) is 4.26. The highest BCUT2D eigenvalue weighted by molar-refractivity contribution is 5.59. The Bertz CT molecular complexity index is 1000. The van der Waals surface area contributed by atoms with Crippen LogP contribution in [0.25, 0.3) is 5.52 Å².